The van der Waals surface area contributed by atoms with Crippen molar-refractivity contribution in [3.63, 3.8) is 0 Å². The fourth-order valence-electron chi connectivity index (χ4n) is 16.1. The third-order valence-corrected chi connectivity index (χ3v) is 22.7. The summed E-state index contributed by atoms with van der Waals surface area (Å²) < 4.78 is 124. The Bertz CT molecular complexity index is 1950. The van der Waals surface area contributed by atoms with Crippen LogP contribution in [-0.2, 0) is 109 Å². The summed E-state index contributed by atoms with van der Waals surface area (Å²) >= 11 is 3.63. The van der Waals surface area contributed by atoms with Crippen molar-refractivity contribution in [1.29, 1.82) is 0 Å². The Morgan fingerprint density at radius 3 is 0.967 bits per heavy atom. The van der Waals surface area contributed by atoms with Crippen molar-refractivity contribution >= 4 is 78.4 Å². The van der Waals surface area contributed by atoms with Crippen LogP contribution in [0.3, 0.4) is 0 Å². The fourth-order valence-corrected chi connectivity index (χ4v) is 19.3. The number of likely N-dealkylation sites (N-methyl/N-ethyl adjacent to an activating group) is 1. The van der Waals surface area contributed by atoms with Crippen molar-refractivity contribution < 1.29 is 109 Å². The van der Waals surface area contributed by atoms with Crippen LogP contribution >= 0.6 is 23.5 Å². The first kappa shape index (κ1) is 77.8. The second kappa shape index (κ2) is 33.3. The number of thioether (sulfide) groups is 2. The molecule has 14 bridgehead atoms. The summed E-state index contributed by atoms with van der Waals surface area (Å²) in [6.45, 7) is 6.89. The van der Waals surface area contributed by atoms with Crippen molar-refractivity contribution in [3.05, 3.63) is 0 Å². The van der Waals surface area contributed by atoms with Gasteiger partial charge in [-0.2, -0.15) is 23.5 Å². The van der Waals surface area contributed by atoms with Gasteiger partial charge in [0.1, 0.15) is 149 Å². The highest BCUT2D eigenvalue weighted by molar-refractivity contribution is 8.00. The highest BCUT2D eigenvalue weighted by Crippen LogP contribution is 2.50. The van der Waals surface area contributed by atoms with E-state index in [-0.39, 0.29) is 142 Å². The Hall–Kier alpha value is 0.115. The van der Waals surface area contributed by atoms with Gasteiger partial charge in [-0.25, -0.2) is 0 Å². The predicted molar refractivity (Wildman–Crippen MR) is 344 cm³/mol. The molecule has 7 unspecified atom stereocenters. The van der Waals surface area contributed by atoms with Gasteiger partial charge in [-0.05, 0) is 7.05 Å². The molecule has 14 aliphatic rings. The number of fused-ring (bicyclic) bond motifs is 14. The van der Waals surface area contributed by atoms with Crippen LogP contribution in [-0.4, -0.2) is 422 Å². The van der Waals surface area contributed by atoms with Crippen molar-refractivity contribution in [2.75, 3.05) is 197 Å². The number of nitrogens with zero attached hydrogens (tertiary/aromatic N) is 1. The molecule has 26 nitrogen and oxygen atoms in total. The predicted octanol–water partition coefficient (Wildman–Crippen LogP) is -4.33. The molecule has 510 valence electrons. The van der Waals surface area contributed by atoms with Gasteiger partial charge in [0.15, 0.2) is 0 Å². The van der Waals surface area contributed by atoms with E-state index < -0.39 is 23.2 Å². The molecule has 0 aromatic heterocycles. The minimum absolute atomic E-state index is 0.00227. The average Bonchev–Trinajstić information content (AvgIpc) is 1.62. The lowest BCUT2D eigenvalue weighted by Crippen LogP contribution is -2.48. The maximum Gasteiger partial charge on any atom is 0.143 e. The molecule has 0 aromatic carbocycles. The molecule has 2 N–H and O–H groups in total. The molecule has 0 aromatic rings. The first-order valence-electron chi connectivity index (χ1n) is 30.8. The summed E-state index contributed by atoms with van der Waals surface area (Å²) in [5.74, 6) is 1.83. The van der Waals surface area contributed by atoms with E-state index in [0.717, 1.165) is 31.1 Å². The maximum absolute atomic E-state index is 5.89. The molecule has 0 aliphatic carbocycles. The van der Waals surface area contributed by atoms with E-state index in [1.54, 1.807) is 99.5 Å². The van der Waals surface area contributed by atoms with Gasteiger partial charge in [-0.3, -0.25) is 4.90 Å². The Labute approximate surface area is 562 Å². The fraction of sp³-hybridized carbons (Fsp3) is 1.00. The van der Waals surface area contributed by atoms with Gasteiger partial charge in [-0.1, -0.05) is 0 Å². The first-order valence-corrected chi connectivity index (χ1v) is 32.9. The van der Waals surface area contributed by atoms with Crippen LogP contribution in [0.15, 0.2) is 0 Å². The van der Waals surface area contributed by atoms with Gasteiger partial charge in [0.2, 0.25) is 0 Å². The number of methoxy groups -OCH3 is 14. The molecule has 0 amide bonds. The third-order valence-electron chi connectivity index (χ3n) is 19.6. The number of ether oxygens (including phenoxy) is 23. The minimum Gasteiger partial charge on any atom is -0.382 e. The number of morpholine rings is 3. The van der Waals surface area contributed by atoms with Crippen molar-refractivity contribution in [2.45, 2.75) is 165 Å². The molecule has 0 saturated carbocycles. The molecule has 35 heteroatoms. The van der Waals surface area contributed by atoms with Gasteiger partial charge >= 0.3 is 0 Å². The SMILES string of the molecule is [B][C@@H]1O[C@@]2(COC)CN(C)[C@H]1C2OC.[B][C@@H]1O[C@@]2(COC)CN[C@H]1C2OC.[B][C@@H]1O[C@@]2(COC)CO[C@H]1C2OC.[B][C@@H]1O[C@@]2(COC)CS[C@H]1C2OC.[B][C@@H]1O[C@]2(COC)CN[C@@H]1C2OC.[B][C@@H]1O[C@]2(COC)CO[C@@H]1C2OC.[B][C@@H]1O[C@]2(COC)CS[C@@H]1C2OC. The van der Waals surface area contributed by atoms with Gasteiger partial charge in [0.05, 0.1) is 88.1 Å². The zero-order valence-corrected chi connectivity index (χ0v) is 57.9. The molecule has 14 aliphatic heterocycles. The lowest BCUT2D eigenvalue weighted by molar-refractivity contribution is -0.144. The van der Waals surface area contributed by atoms with Gasteiger partial charge in [0.25, 0.3) is 0 Å². The Kier molecular flexibility index (Phi) is 28.2. The lowest BCUT2D eigenvalue weighted by Gasteiger charge is -2.33. The standard InChI is InChI=1S/C9H16BNO3.2C8H14BNO3.2C8H13BO4.2C8H13BO3S/c1-11-4-9(5-12-2)7(13-3)6(11)8(10)14-9;2*1-11-4-8-3-10-5(6(8)12-2)7(9)13-8;2*1-10-3-8-4-12-5(6(8)11-2)7(9)13-8;2*1-10-3-8-4-13-5(6(8)11-2)7(9)12-8/h6-8H,4-5H2,1-3H3;2*5-7,10H,3-4H2,1-2H3;4*5-7H,3-4H2,1-2H3/t6-,7?,8+,9+;5-,6?,7+,8+;5-,6?,7-,8+;5-,6?,7+,8-;5-,6?,7-,8-;5-,6?,7+,8-;5-,6?,7-,8-/m0010101/s1. The number of hydrogen-bond acceptors (Lipinski definition) is 28. The number of hydrogen-bond donors (Lipinski definition) is 2. The normalized spacial score (nSPS) is 48.4. The van der Waals surface area contributed by atoms with Gasteiger partial charge < -0.3 is 120 Å². The van der Waals surface area contributed by atoms with Crippen LogP contribution in [0.4, 0.5) is 0 Å². The summed E-state index contributed by atoms with van der Waals surface area (Å²) in [4.78, 5) is 2.18. The monoisotopic (exact) mass is 1330 g/mol. The Balaban J connectivity index is 0.000000138. The van der Waals surface area contributed by atoms with Crippen molar-refractivity contribution in [2.24, 2.45) is 0 Å². The van der Waals surface area contributed by atoms with Crippen molar-refractivity contribution in [3.8, 4) is 0 Å². The molecule has 14 rings (SSSR count). The second-order valence-electron chi connectivity index (χ2n) is 25.5. The van der Waals surface area contributed by atoms with Crippen molar-refractivity contribution in [1.82, 2.24) is 15.5 Å². The largest absolute Gasteiger partial charge is 0.382 e. The lowest BCUT2D eigenvalue weighted by atomic mass is 9.90. The molecule has 14 saturated heterocycles. The number of likely N-dealkylation sites (tertiary alicyclic amines) is 1. The van der Waals surface area contributed by atoms with E-state index in [9.17, 15) is 0 Å². The quantitative estimate of drug-likeness (QED) is 0.103. The Morgan fingerprint density at radius 1 is 0.359 bits per heavy atom. The summed E-state index contributed by atoms with van der Waals surface area (Å²) in [6.07, 6.45) is -0.350. The minimum atomic E-state index is -0.492. The van der Waals surface area contributed by atoms with E-state index >= 15 is 0 Å². The Morgan fingerprint density at radius 2 is 0.663 bits per heavy atom. The van der Waals surface area contributed by atoms with Gasteiger partial charge in [0, 0.05) is 173 Å². The van der Waals surface area contributed by atoms with Crippen LogP contribution in [0, 0.1) is 0 Å². The maximum atomic E-state index is 5.89. The van der Waals surface area contributed by atoms with Crippen LogP contribution in [0.1, 0.15) is 0 Å². The molecule has 0 spiro atoms. The highest BCUT2D eigenvalue weighted by Gasteiger charge is 2.65. The van der Waals surface area contributed by atoms with Crippen LogP contribution in [0.25, 0.3) is 0 Å². The number of nitrogens with one attached hydrogen (secondary N) is 2. The first-order chi connectivity index (χ1) is 44.0. The molecule has 14 radical (unpaired) electrons. The summed E-state index contributed by atoms with van der Waals surface area (Å²) in [5, 5.41) is 7.08. The summed E-state index contributed by atoms with van der Waals surface area (Å²) in [7, 11) is 65.9. The van der Waals surface area contributed by atoms with E-state index in [1.807, 2.05) is 30.6 Å². The molecular formula is C57H96B7N3O23S2. The van der Waals surface area contributed by atoms with Crippen LogP contribution < -0.4 is 10.6 Å². The highest BCUT2D eigenvalue weighted by atomic mass is 32.2. The van der Waals surface area contributed by atoms with Crippen LogP contribution in [0.2, 0.25) is 0 Å². The molecule has 92 heavy (non-hydrogen) atoms. The van der Waals surface area contributed by atoms with Gasteiger partial charge in [-0.15, -0.1) is 0 Å². The summed E-state index contributed by atoms with van der Waals surface area (Å²) in [6, 6.07) is -1.70. The zero-order chi connectivity index (χ0) is 67.2. The topological polar surface area (TPSA) is 240 Å². The average molecular weight is 1330 g/mol. The molecule has 14 heterocycles. The second-order valence-corrected chi connectivity index (χ2v) is 27.8. The van der Waals surface area contributed by atoms with E-state index in [1.165, 1.54) is 0 Å². The van der Waals surface area contributed by atoms with E-state index in [4.69, 9.17) is 164 Å². The number of rotatable bonds is 21. The molecular weight excluding hydrogens is 1230 g/mol. The van der Waals surface area contributed by atoms with E-state index in [2.05, 4.69) is 15.5 Å². The molecule has 28 atom stereocenters. The molecule has 14 fully saturated rings. The van der Waals surface area contributed by atoms with Crippen LogP contribution in [0.5, 0.6) is 0 Å². The smallest absolute Gasteiger partial charge is 0.143 e. The third kappa shape index (κ3) is 14.8. The van der Waals surface area contributed by atoms with E-state index in [0.29, 0.717) is 59.5 Å². The summed E-state index contributed by atoms with van der Waals surface area (Å²) in [5.41, 5.74) is -2.73. The zero-order valence-electron chi connectivity index (χ0n) is 56.2.